The molecule has 6 nitrogen and oxygen atoms in total. The molecular formula is C17H16N4O2S. The molecule has 0 fully saturated rings. The third kappa shape index (κ3) is 2.63. The number of fused-ring (bicyclic) bond motifs is 2. The van der Waals surface area contributed by atoms with E-state index in [0.717, 1.165) is 35.2 Å². The van der Waals surface area contributed by atoms with E-state index in [-0.39, 0.29) is 11.8 Å². The van der Waals surface area contributed by atoms with Crippen molar-refractivity contribution >= 4 is 23.5 Å². The molecule has 1 amide bonds. The Hall–Kier alpha value is -2.46. The van der Waals surface area contributed by atoms with Crippen LogP contribution in [-0.4, -0.2) is 27.8 Å². The quantitative estimate of drug-likeness (QED) is 0.929. The second-order valence-electron chi connectivity index (χ2n) is 5.83. The standard InChI is InChI=1S/C17H16N4O2S/c18-10-13-16(20-17-21(13)6-8-24-17)19-15(22)9-11-5-7-23-14-4-2-1-3-12(11)14/h1-4,11H,5-9H2,(H,19,22)/t11-/m0/s1. The number of amides is 1. The Bertz CT molecular complexity index is 840. The minimum absolute atomic E-state index is 0.116. The average Bonchev–Trinajstić information content (AvgIpc) is 3.15. The van der Waals surface area contributed by atoms with Crippen molar-refractivity contribution in [3.8, 4) is 11.8 Å². The van der Waals surface area contributed by atoms with Crippen LogP contribution < -0.4 is 10.1 Å². The maximum Gasteiger partial charge on any atom is 0.226 e. The van der Waals surface area contributed by atoms with Crippen molar-refractivity contribution in [2.75, 3.05) is 17.7 Å². The van der Waals surface area contributed by atoms with Gasteiger partial charge >= 0.3 is 0 Å². The molecule has 0 spiro atoms. The van der Waals surface area contributed by atoms with Gasteiger partial charge in [0.15, 0.2) is 16.7 Å². The average molecular weight is 340 g/mol. The Balaban J connectivity index is 1.50. The number of hydrogen-bond acceptors (Lipinski definition) is 5. The number of anilines is 1. The Morgan fingerprint density at radius 1 is 1.50 bits per heavy atom. The number of thioether (sulfide) groups is 1. The fourth-order valence-corrected chi connectivity index (χ4v) is 4.16. The summed E-state index contributed by atoms with van der Waals surface area (Å²) in [6, 6.07) is 9.99. The summed E-state index contributed by atoms with van der Waals surface area (Å²) in [6.07, 6.45) is 1.17. The molecule has 3 heterocycles. The van der Waals surface area contributed by atoms with Crippen molar-refractivity contribution < 1.29 is 9.53 Å². The number of para-hydroxylation sites is 1. The van der Waals surface area contributed by atoms with Crippen molar-refractivity contribution in [3.05, 3.63) is 35.5 Å². The first-order valence-corrected chi connectivity index (χ1v) is 8.90. The zero-order valence-corrected chi connectivity index (χ0v) is 13.8. The lowest BCUT2D eigenvalue weighted by molar-refractivity contribution is -0.116. The van der Waals surface area contributed by atoms with Gasteiger partial charge in [0, 0.05) is 18.7 Å². The van der Waals surface area contributed by atoms with Gasteiger partial charge in [0.05, 0.1) is 6.61 Å². The Morgan fingerprint density at radius 3 is 3.25 bits per heavy atom. The normalized spacial score (nSPS) is 18.2. The maximum absolute atomic E-state index is 12.5. The summed E-state index contributed by atoms with van der Waals surface area (Å²) < 4.78 is 7.50. The molecule has 2 aliphatic rings. The molecule has 1 atom stereocenters. The summed E-state index contributed by atoms with van der Waals surface area (Å²) in [5, 5.41) is 13.0. The molecule has 24 heavy (non-hydrogen) atoms. The monoisotopic (exact) mass is 340 g/mol. The van der Waals surface area contributed by atoms with Gasteiger partial charge in [0.1, 0.15) is 11.8 Å². The maximum atomic E-state index is 12.5. The predicted molar refractivity (Wildman–Crippen MR) is 90.2 cm³/mol. The molecule has 1 N–H and O–H groups in total. The van der Waals surface area contributed by atoms with Crippen molar-refractivity contribution in [3.63, 3.8) is 0 Å². The summed E-state index contributed by atoms with van der Waals surface area (Å²) in [4.78, 5) is 16.9. The molecule has 0 unspecified atom stereocenters. The lowest BCUT2D eigenvalue weighted by atomic mass is 9.90. The number of nitriles is 1. The van der Waals surface area contributed by atoms with E-state index >= 15 is 0 Å². The summed E-state index contributed by atoms with van der Waals surface area (Å²) in [7, 11) is 0. The molecule has 2 aliphatic heterocycles. The van der Waals surface area contributed by atoms with Crippen LogP contribution in [0, 0.1) is 11.3 Å². The van der Waals surface area contributed by atoms with Gasteiger partial charge in [-0.25, -0.2) is 4.98 Å². The number of carbonyl (C=O) groups is 1. The van der Waals surface area contributed by atoms with Crippen molar-refractivity contribution in [1.82, 2.24) is 9.55 Å². The Morgan fingerprint density at radius 2 is 2.38 bits per heavy atom. The minimum atomic E-state index is -0.116. The van der Waals surface area contributed by atoms with Gasteiger partial charge in [-0.05, 0) is 24.0 Å². The Labute approximate surface area is 143 Å². The van der Waals surface area contributed by atoms with Crippen molar-refractivity contribution in [1.29, 1.82) is 5.26 Å². The number of nitrogens with one attached hydrogen (secondary N) is 1. The molecule has 7 heteroatoms. The second-order valence-corrected chi connectivity index (χ2v) is 6.89. The van der Waals surface area contributed by atoms with Crippen LogP contribution in [0.25, 0.3) is 0 Å². The molecule has 1 aromatic carbocycles. The molecule has 0 bridgehead atoms. The highest BCUT2D eigenvalue weighted by Crippen LogP contribution is 2.36. The van der Waals surface area contributed by atoms with Gasteiger partial charge in [0.2, 0.25) is 5.91 Å². The number of carbonyl (C=O) groups excluding carboxylic acids is 1. The number of nitrogens with zero attached hydrogens (tertiary/aromatic N) is 3. The first kappa shape index (κ1) is 15.1. The molecular weight excluding hydrogens is 324 g/mol. The Kier molecular flexibility index (Phi) is 3.90. The number of imidazole rings is 1. The molecule has 1 aromatic heterocycles. The van der Waals surface area contributed by atoms with E-state index < -0.39 is 0 Å². The van der Waals surface area contributed by atoms with Crippen molar-refractivity contribution in [2.24, 2.45) is 0 Å². The van der Waals surface area contributed by atoms with Crippen LogP contribution in [0.2, 0.25) is 0 Å². The largest absolute Gasteiger partial charge is 0.493 e. The number of benzene rings is 1. The zero-order valence-electron chi connectivity index (χ0n) is 13.0. The molecule has 122 valence electrons. The molecule has 0 aliphatic carbocycles. The third-order valence-corrected chi connectivity index (χ3v) is 5.31. The highest BCUT2D eigenvalue weighted by molar-refractivity contribution is 7.99. The predicted octanol–water partition coefficient (Wildman–Crippen LogP) is 2.76. The van der Waals surface area contributed by atoms with Crippen LogP contribution in [0.1, 0.15) is 30.0 Å². The molecule has 4 rings (SSSR count). The first-order chi connectivity index (χ1) is 11.8. The second kappa shape index (κ2) is 6.21. The van der Waals surface area contributed by atoms with Crippen LogP contribution >= 0.6 is 11.8 Å². The summed E-state index contributed by atoms with van der Waals surface area (Å²) in [5.41, 5.74) is 1.51. The van der Waals surface area contributed by atoms with E-state index in [2.05, 4.69) is 16.4 Å². The van der Waals surface area contributed by atoms with Crippen LogP contribution in [0.4, 0.5) is 5.82 Å². The SMILES string of the molecule is N#Cc1c(NC(=O)C[C@@H]2CCOc3ccccc32)nc2n1CCS2. The van der Waals surface area contributed by atoms with Gasteiger partial charge < -0.3 is 14.6 Å². The number of rotatable bonds is 3. The van der Waals surface area contributed by atoms with Crippen LogP contribution in [0.5, 0.6) is 5.75 Å². The van der Waals surface area contributed by atoms with E-state index in [1.54, 1.807) is 11.8 Å². The zero-order chi connectivity index (χ0) is 16.5. The molecule has 0 radical (unpaired) electrons. The van der Waals surface area contributed by atoms with E-state index in [1.807, 2.05) is 28.8 Å². The van der Waals surface area contributed by atoms with Gasteiger partial charge in [-0.15, -0.1) is 0 Å². The molecule has 0 saturated carbocycles. The number of hydrogen-bond donors (Lipinski definition) is 1. The van der Waals surface area contributed by atoms with Gasteiger partial charge in [-0.2, -0.15) is 5.26 Å². The van der Waals surface area contributed by atoms with Gasteiger partial charge in [0.25, 0.3) is 0 Å². The van der Waals surface area contributed by atoms with E-state index in [4.69, 9.17) is 4.74 Å². The summed E-state index contributed by atoms with van der Waals surface area (Å²) in [6.45, 7) is 1.38. The topological polar surface area (TPSA) is 79.9 Å². The van der Waals surface area contributed by atoms with Crippen LogP contribution in [-0.2, 0) is 11.3 Å². The lowest BCUT2D eigenvalue weighted by Gasteiger charge is -2.25. The summed E-state index contributed by atoms with van der Waals surface area (Å²) >= 11 is 1.60. The highest BCUT2D eigenvalue weighted by Gasteiger charge is 2.26. The fourth-order valence-electron chi connectivity index (χ4n) is 3.21. The smallest absolute Gasteiger partial charge is 0.226 e. The lowest BCUT2D eigenvalue weighted by Crippen LogP contribution is -2.21. The minimum Gasteiger partial charge on any atom is -0.493 e. The van der Waals surface area contributed by atoms with Gasteiger partial charge in [-0.3, -0.25) is 4.79 Å². The first-order valence-electron chi connectivity index (χ1n) is 7.91. The molecule has 2 aromatic rings. The van der Waals surface area contributed by atoms with E-state index in [9.17, 15) is 10.1 Å². The highest BCUT2D eigenvalue weighted by atomic mass is 32.2. The van der Waals surface area contributed by atoms with E-state index in [1.165, 1.54) is 0 Å². The third-order valence-electron chi connectivity index (χ3n) is 4.36. The van der Waals surface area contributed by atoms with E-state index in [0.29, 0.717) is 24.5 Å². The molecule has 0 saturated heterocycles. The van der Waals surface area contributed by atoms with Gasteiger partial charge in [-0.1, -0.05) is 30.0 Å². The fraction of sp³-hybridized carbons (Fsp3) is 0.353. The number of aromatic nitrogens is 2. The van der Waals surface area contributed by atoms with Crippen molar-refractivity contribution in [2.45, 2.75) is 30.5 Å². The van der Waals surface area contributed by atoms with Crippen LogP contribution in [0.15, 0.2) is 29.4 Å². The summed E-state index contributed by atoms with van der Waals surface area (Å²) in [5.74, 6) is 2.17. The number of ether oxygens (including phenoxy) is 1. The van der Waals surface area contributed by atoms with Crippen LogP contribution in [0.3, 0.4) is 0 Å².